The summed E-state index contributed by atoms with van der Waals surface area (Å²) in [4.78, 5) is 19.2. The summed E-state index contributed by atoms with van der Waals surface area (Å²) in [5.74, 6) is 0.543. The number of carbonyl (C=O) groups excluding carboxylic acids is 1. The topological polar surface area (TPSA) is 52.1 Å². The van der Waals surface area contributed by atoms with Crippen molar-refractivity contribution >= 4 is 17.6 Å². The number of esters is 1. The molecule has 0 aliphatic carbocycles. The zero-order chi connectivity index (χ0) is 11.4. The first-order valence-corrected chi connectivity index (χ1v) is 5.00. The maximum absolute atomic E-state index is 11.0. The van der Waals surface area contributed by atoms with E-state index in [9.17, 15) is 4.79 Å². The lowest BCUT2D eigenvalue weighted by atomic mass is 10.2. The van der Waals surface area contributed by atoms with Crippen molar-refractivity contribution in [1.82, 2.24) is 9.97 Å². The molecule has 0 bridgehead atoms. The van der Waals surface area contributed by atoms with E-state index in [0.29, 0.717) is 16.5 Å². The minimum atomic E-state index is -0.349. The first-order chi connectivity index (χ1) is 7.04. The van der Waals surface area contributed by atoms with E-state index in [1.807, 2.05) is 13.8 Å². The molecule has 0 aliphatic heterocycles. The van der Waals surface area contributed by atoms with Crippen LogP contribution in [0.3, 0.4) is 0 Å². The standard InChI is InChI=1S/C10H13ClN2O2/c1-6(2)10-12-5-7(9(11)13-10)4-8(14)15-3/h5-6H,4H2,1-3H3. The van der Waals surface area contributed by atoms with Crippen LogP contribution in [0, 0.1) is 0 Å². The largest absolute Gasteiger partial charge is 0.469 e. The van der Waals surface area contributed by atoms with Gasteiger partial charge in [-0.2, -0.15) is 0 Å². The highest BCUT2D eigenvalue weighted by Crippen LogP contribution is 2.16. The monoisotopic (exact) mass is 228 g/mol. The average molecular weight is 229 g/mol. The first-order valence-electron chi connectivity index (χ1n) is 4.62. The van der Waals surface area contributed by atoms with Crippen LogP contribution in [0.4, 0.5) is 0 Å². The number of aromatic nitrogens is 2. The molecule has 1 rings (SSSR count). The molecule has 0 aromatic carbocycles. The molecule has 1 heterocycles. The highest BCUT2D eigenvalue weighted by atomic mass is 35.5. The number of carbonyl (C=O) groups is 1. The van der Waals surface area contributed by atoms with E-state index >= 15 is 0 Å². The molecule has 0 N–H and O–H groups in total. The Bertz CT molecular complexity index is 366. The van der Waals surface area contributed by atoms with Gasteiger partial charge < -0.3 is 4.74 Å². The van der Waals surface area contributed by atoms with Crippen LogP contribution < -0.4 is 0 Å². The number of methoxy groups -OCH3 is 1. The van der Waals surface area contributed by atoms with Gasteiger partial charge in [0.05, 0.1) is 13.5 Å². The van der Waals surface area contributed by atoms with E-state index in [1.54, 1.807) is 6.20 Å². The van der Waals surface area contributed by atoms with Gasteiger partial charge in [0.15, 0.2) is 0 Å². The Kier molecular flexibility index (Phi) is 4.03. The lowest BCUT2D eigenvalue weighted by Crippen LogP contribution is -2.07. The third-order valence-corrected chi connectivity index (χ3v) is 2.24. The summed E-state index contributed by atoms with van der Waals surface area (Å²) in [7, 11) is 1.33. The Hall–Kier alpha value is -1.16. The lowest BCUT2D eigenvalue weighted by Gasteiger charge is -2.06. The van der Waals surface area contributed by atoms with E-state index < -0.39 is 0 Å². The number of nitrogens with zero attached hydrogens (tertiary/aromatic N) is 2. The quantitative estimate of drug-likeness (QED) is 0.586. The molecule has 0 atom stereocenters. The number of rotatable bonds is 3. The van der Waals surface area contributed by atoms with Crippen molar-refractivity contribution in [2.24, 2.45) is 0 Å². The lowest BCUT2D eigenvalue weighted by molar-refractivity contribution is -0.139. The predicted molar refractivity (Wildman–Crippen MR) is 56.9 cm³/mol. The molecule has 1 aromatic rings. The van der Waals surface area contributed by atoms with Gasteiger partial charge in [0, 0.05) is 17.7 Å². The molecule has 0 fully saturated rings. The fourth-order valence-electron chi connectivity index (χ4n) is 1.02. The van der Waals surface area contributed by atoms with Gasteiger partial charge in [-0.3, -0.25) is 4.79 Å². The second kappa shape index (κ2) is 5.07. The Morgan fingerprint density at radius 1 is 1.60 bits per heavy atom. The molecular weight excluding hydrogens is 216 g/mol. The Balaban J connectivity index is 2.88. The van der Waals surface area contributed by atoms with Crippen molar-refractivity contribution < 1.29 is 9.53 Å². The van der Waals surface area contributed by atoms with Gasteiger partial charge in [0.1, 0.15) is 11.0 Å². The third kappa shape index (κ3) is 3.16. The molecule has 5 heteroatoms. The minimum absolute atomic E-state index is 0.105. The molecule has 0 amide bonds. The molecule has 0 aliphatic rings. The van der Waals surface area contributed by atoms with Crippen LogP contribution in [0.1, 0.15) is 31.2 Å². The van der Waals surface area contributed by atoms with Crippen LogP contribution in [0.2, 0.25) is 5.15 Å². The molecule has 15 heavy (non-hydrogen) atoms. The number of halogens is 1. The van der Waals surface area contributed by atoms with Gasteiger partial charge >= 0.3 is 5.97 Å². The molecule has 0 saturated heterocycles. The van der Waals surface area contributed by atoms with E-state index in [0.717, 1.165) is 0 Å². The summed E-state index contributed by atoms with van der Waals surface area (Å²) in [6, 6.07) is 0. The van der Waals surface area contributed by atoms with Gasteiger partial charge in [-0.1, -0.05) is 25.4 Å². The van der Waals surface area contributed by atoms with Gasteiger partial charge in [0.2, 0.25) is 0 Å². The first kappa shape index (κ1) is 11.9. The summed E-state index contributed by atoms with van der Waals surface area (Å²) >= 11 is 5.92. The van der Waals surface area contributed by atoms with Crippen LogP contribution in [0.15, 0.2) is 6.20 Å². The maximum atomic E-state index is 11.0. The van der Waals surface area contributed by atoms with Crippen molar-refractivity contribution in [3.8, 4) is 0 Å². The Labute approximate surface area is 93.6 Å². The van der Waals surface area contributed by atoms with E-state index in [4.69, 9.17) is 11.6 Å². The molecule has 1 aromatic heterocycles. The second-order valence-corrected chi connectivity index (χ2v) is 3.81. The molecule has 0 saturated carbocycles. The van der Waals surface area contributed by atoms with Gasteiger partial charge in [-0.25, -0.2) is 9.97 Å². The maximum Gasteiger partial charge on any atom is 0.310 e. The van der Waals surface area contributed by atoms with E-state index in [-0.39, 0.29) is 18.3 Å². The molecule has 4 nitrogen and oxygen atoms in total. The van der Waals surface area contributed by atoms with Crippen molar-refractivity contribution in [3.05, 3.63) is 22.7 Å². The highest BCUT2D eigenvalue weighted by molar-refractivity contribution is 6.30. The number of hydrogen-bond donors (Lipinski definition) is 0. The fourth-order valence-corrected chi connectivity index (χ4v) is 1.23. The van der Waals surface area contributed by atoms with Crippen LogP contribution in [-0.4, -0.2) is 23.0 Å². The zero-order valence-corrected chi connectivity index (χ0v) is 9.71. The van der Waals surface area contributed by atoms with Crippen LogP contribution in [0.25, 0.3) is 0 Å². The zero-order valence-electron chi connectivity index (χ0n) is 8.95. The number of ether oxygens (including phenoxy) is 1. The Morgan fingerprint density at radius 2 is 2.27 bits per heavy atom. The molecule has 0 spiro atoms. The van der Waals surface area contributed by atoms with E-state index in [2.05, 4.69) is 14.7 Å². The van der Waals surface area contributed by atoms with Gasteiger partial charge in [0.25, 0.3) is 0 Å². The fraction of sp³-hybridized carbons (Fsp3) is 0.500. The summed E-state index contributed by atoms with van der Waals surface area (Å²) < 4.78 is 4.53. The van der Waals surface area contributed by atoms with Crippen molar-refractivity contribution in [1.29, 1.82) is 0 Å². The van der Waals surface area contributed by atoms with Crippen LogP contribution in [0.5, 0.6) is 0 Å². The van der Waals surface area contributed by atoms with E-state index in [1.165, 1.54) is 7.11 Å². The predicted octanol–water partition coefficient (Wildman–Crippen LogP) is 1.97. The molecule has 82 valence electrons. The normalized spacial score (nSPS) is 10.5. The SMILES string of the molecule is COC(=O)Cc1cnc(C(C)C)nc1Cl. The summed E-state index contributed by atoms with van der Waals surface area (Å²) in [5.41, 5.74) is 0.591. The van der Waals surface area contributed by atoms with Crippen molar-refractivity contribution in [2.75, 3.05) is 7.11 Å². The minimum Gasteiger partial charge on any atom is -0.469 e. The van der Waals surface area contributed by atoms with Crippen LogP contribution in [-0.2, 0) is 16.0 Å². The molecule has 0 unspecified atom stereocenters. The summed E-state index contributed by atoms with van der Waals surface area (Å²) in [5, 5.41) is 0.319. The van der Waals surface area contributed by atoms with Crippen molar-refractivity contribution in [2.45, 2.75) is 26.2 Å². The van der Waals surface area contributed by atoms with Crippen molar-refractivity contribution in [3.63, 3.8) is 0 Å². The number of hydrogen-bond acceptors (Lipinski definition) is 4. The average Bonchev–Trinajstić information content (AvgIpc) is 2.20. The van der Waals surface area contributed by atoms with Gasteiger partial charge in [-0.05, 0) is 0 Å². The third-order valence-electron chi connectivity index (χ3n) is 1.91. The van der Waals surface area contributed by atoms with Crippen LogP contribution >= 0.6 is 11.6 Å². The Morgan fingerprint density at radius 3 is 2.73 bits per heavy atom. The highest BCUT2D eigenvalue weighted by Gasteiger charge is 2.11. The van der Waals surface area contributed by atoms with Gasteiger partial charge in [-0.15, -0.1) is 0 Å². The molecular formula is C10H13ClN2O2. The summed E-state index contributed by atoms with van der Waals surface area (Å²) in [6.45, 7) is 3.96. The molecule has 0 radical (unpaired) electrons. The summed E-state index contributed by atoms with van der Waals surface area (Å²) in [6.07, 6.45) is 1.68. The smallest absolute Gasteiger partial charge is 0.310 e. The second-order valence-electron chi connectivity index (χ2n) is 3.45.